The summed E-state index contributed by atoms with van der Waals surface area (Å²) in [5.74, 6) is 4.08. The molecule has 1 saturated carbocycles. The molecule has 2 fully saturated rings. The first-order chi connectivity index (χ1) is 19.8. The number of aliphatic carboxylic acids is 1. The second kappa shape index (κ2) is 12.6. The van der Waals surface area contributed by atoms with Crippen LogP contribution in [0.5, 0.6) is 5.75 Å². The summed E-state index contributed by atoms with van der Waals surface area (Å²) in [6, 6.07) is 2.12. The molecule has 3 aliphatic rings. The first-order valence-corrected chi connectivity index (χ1v) is 14.7. The van der Waals surface area contributed by atoms with Crippen molar-refractivity contribution in [2.24, 2.45) is 22.9 Å². The number of fused-ring (bicyclic) bond motifs is 1. The Morgan fingerprint density at radius 2 is 1.95 bits per heavy atom. The number of carbonyl (C=O) groups excluding carboxylic acids is 2. The van der Waals surface area contributed by atoms with E-state index in [-0.39, 0.29) is 30.6 Å². The Labute approximate surface area is 249 Å². The average Bonchev–Trinajstić information content (AvgIpc) is 3.53. The molecular formula is C29H40ClF2N5O5. The maximum atomic E-state index is 14.1. The summed E-state index contributed by atoms with van der Waals surface area (Å²) in [4.78, 5) is 42.4. The van der Waals surface area contributed by atoms with Crippen molar-refractivity contribution in [2.75, 3.05) is 26.2 Å². The van der Waals surface area contributed by atoms with Gasteiger partial charge in [0.25, 0.3) is 6.43 Å². The number of carboxylic acid groups (broad SMARTS) is 1. The smallest absolute Gasteiger partial charge is 0.310 e. The summed E-state index contributed by atoms with van der Waals surface area (Å²) >= 11 is 6.62. The number of nitrogens with zero attached hydrogens (tertiary/aromatic N) is 3. The van der Waals surface area contributed by atoms with Gasteiger partial charge >= 0.3 is 5.97 Å². The molecule has 2 unspecified atom stereocenters. The first kappa shape index (κ1) is 31.8. The number of amides is 2. The summed E-state index contributed by atoms with van der Waals surface area (Å²) in [6.45, 7) is 5.49. The van der Waals surface area contributed by atoms with Crippen LogP contribution in [-0.4, -0.2) is 76.4 Å². The van der Waals surface area contributed by atoms with E-state index < -0.39 is 48.1 Å². The van der Waals surface area contributed by atoms with Gasteiger partial charge in [0.05, 0.1) is 23.1 Å². The van der Waals surface area contributed by atoms with Gasteiger partial charge in [-0.25, -0.2) is 14.6 Å². The number of carboxylic acids is 1. The van der Waals surface area contributed by atoms with Crippen LogP contribution < -0.4 is 16.3 Å². The number of nitrogens with two attached hydrogens (primary N) is 2. The van der Waals surface area contributed by atoms with E-state index in [9.17, 15) is 28.3 Å². The Bertz CT molecular complexity index is 1260. The molecule has 0 radical (unpaired) electrons. The van der Waals surface area contributed by atoms with Crippen molar-refractivity contribution in [1.82, 2.24) is 14.8 Å². The van der Waals surface area contributed by atoms with Gasteiger partial charge in [0.1, 0.15) is 18.1 Å². The van der Waals surface area contributed by atoms with Crippen LogP contribution in [-0.2, 0) is 20.8 Å². The number of benzene rings is 1. The Morgan fingerprint density at radius 3 is 2.55 bits per heavy atom. The number of hydrogen-bond acceptors (Lipinski definition) is 7. The van der Waals surface area contributed by atoms with E-state index in [2.05, 4.69) is 0 Å². The van der Waals surface area contributed by atoms with Crippen LogP contribution in [0.2, 0.25) is 5.02 Å². The van der Waals surface area contributed by atoms with Crippen LogP contribution in [0.3, 0.4) is 0 Å². The van der Waals surface area contributed by atoms with E-state index in [0.29, 0.717) is 61.4 Å². The van der Waals surface area contributed by atoms with Crippen molar-refractivity contribution < 1.29 is 33.0 Å². The zero-order chi connectivity index (χ0) is 30.9. The van der Waals surface area contributed by atoms with Crippen molar-refractivity contribution in [3.8, 4) is 5.75 Å². The fourth-order valence-corrected chi connectivity index (χ4v) is 6.67. The van der Waals surface area contributed by atoms with Crippen LogP contribution in [0.4, 0.5) is 8.78 Å². The molecule has 232 valence electrons. The average molecular weight is 612 g/mol. The molecule has 1 aromatic rings. The number of halogens is 3. The zero-order valence-electron chi connectivity index (χ0n) is 24.2. The predicted octanol–water partition coefficient (Wildman–Crippen LogP) is 3.68. The van der Waals surface area contributed by atoms with Gasteiger partial charge in [-0.05, 0) is 64.2 Å². The minimum atomic E-state index is -2.93. The topological polar surface area (TPSA) is 142 Å². The van der Waals surface area contributed by atoms with E-state index in [1.165, 1.54) is 0 Å². The number of carbonyl (C=O) groups is 3. The lowest BCUT2D eigenvalue weighted by atomic mass is 9.78. The first-order valence-electron chi connectivity index (χ1n) is 14.3. The van der Waals surface area contributed by atoms with Crippen LogP contribution >= 0.6 is 11.6 Å². The Hall–Kier alpha value is -3.12. The van der Waals surface area contributed by atoms with E-state index in [0.717, 1.165) is 10.6 Å². The van der Waals surface area contributed by atoms with E-state index in [1.807, 2.05) is 0 Å². The highest BCUT2D eigenvalue weighted by atomic mass is 35.5. The summed E-state index contributed by atoms with van der Waals surface area (Å²) in [5.41, 5.74) is 5.37. The number of likely N-dealkylation sites (tertiary alicyclic amines) is 1. The zero-order valence-corrected chi connectivity index (χ0v) is 25.0. The van der Waals surface area contributed by atoms with Gasteiger partial charge in [-0.2, -0.15) is 0 Å². The van der Waals surface area contributed by atoms with Gasteiger partial charge < -0.3 is 30.4 Å². The fourth-order valence-electron chi connectivity index (χ4n) is 6.41. The number of hydrogen-bond donors (Lipinski definition) is 3. The molecule has 10 nitrogen and oxygen atoms in total. The Kier molecular flexibility index (Phi) is 9.56. The molecule has 4 rings (SSSR count). The summed E-state index contributed by atoms with van der Waals surface area (Å²) < 4.78 is 33.8. The maximum absolute atomic E-state index is 14.1. The molecule has 0 aromatic heterocycles. The monoisotopic (exact) mass is 611 g/mol. The molecule has 2 heterocycles. The number of hydrazine groups is 1. The van der Waals surface area contributed by atoms with Gasteiger partial charge in [0, 0.05) is 42.7 Å². The Morgan fingerprint density at radius 1 is 1.24 bits per heavy atom. The van der Waals surface area contributed by atoms with Crippen LogP contribution in [0.15, 0.2) is 23.5 Å². The third-order valence-electron chi connectivity index (χ3n) is 8.92. The minimum absolute atomic E-state index is 0.0410. The van der Waals surface area contributed by atoms with Crippen molar-refractivity contribution >= 4 is 29.4 Å². The number of ether oxygens (including phenoxy) is 1. The molecule has 2 aliphatic heterocycles. The summed E-state index contributed by atoms with van der Waals surface area (Å²) in [6.07, 6.45) is -0.0181. The van der Waals surface area contributed by atoms with Crippen LogP contribution in [0.1, 0.15) is 70.0 Å². The normalized spacial score (nSPS) is 24.7. The van der Waals surface area contributed by atoms with Gasteiger partial charge in [0.15, 0.2) is 0 Å². The van der Waals surface area contributed by atoms with E-state index >= 15 is 0 Å². The molecule has 1 aromatic carbocycles. The lowest BCUT2D eigenvalue weighted by Crippen LogP contribution is -2.50. The predicted molar refractivity (Wildman–Crippen MR) is 152 cm³/mol. The minimum Gasteiger partial charge on any atom is -0.487 e. The molecule has 5 N–H and O–H groups in total. The van der Waals surface area contributed by atoms with Crippen molar-refractivity contribution in [2.45, 2.75) is 77.8 Å². The lowest BCUT2D eigenvalue weighted by molar-refractivity contribution is -0.157. The molecular weight excluding hydrogens is 572 g/mol. The van der Waals surface area contributed by atoms with Crippen LogP contribution in [0.25, 0.3) is 0 Å². The quantitative estimate of drug-likeness (QED) is 0.269. The summed E-state index contributed by atoms with van der Waals surface area (Å²) in [7, 11) is 0. The highest BCUT2D eigenvalue weighted by Gasteiger charge is 2.51. The largest absolute Gasteiger partial charge is 0.487 e. The van der Waals surface area contributed by atoms with Crippen molar-refractivity contribution in [3.05, 3.63) is 39.7 Å². The van der Waals surface area contributed by atoms with Gasteiger partial charge in [-0.3, -0.25) is 14.4 Å². The fraction of sp³-hybridized carbons (Fsp3) is 0.621. The molecule has 0 spiro atoms. The second-order valence-corrected chi connectivity index (χ2v) is 12.3. The third kappa shape index (κ3) is 6.01. The highest BCUT2D eigenvalue weighted by Crippen LogP contribution is 2.47. The number of rotatable bonds is 10. The van der Waals surface area contributed by atoms with Gasteiger partial charge in [-0.1, -0.05) is 18.0 Å². The molecule has 0 bridgehead atoms. The molecule has 2 amide bonds. The summed E-state index contributed by atoms with van der Waals surface area (Å²) in [5, 5.41) is 11.3. The molecule has 1 saturated heterocycles. The second-order valence-electron chi connectivity index (χ2n) is 11.8. The van der Waals surface area contributed by atoms with Gasteiger partial charge in [0.2, 0.25) is 11.8 Å². The number of alkyl halides is 2. The highest BCUT2D eigenvalue weighted by molar-refractivity contribution is 6.31. The molecule has 1 aliphatic carbocycles. The van der Waals surface area contributed by atoms with Crippen molar-refractivity contribution in [1.29, 1.82) is 0 Å². The van der Waals surface area contributed by atoms with E-state index in [1.54, 1.807) is 42.7 Å². The lowest BCUT2D eigenvalue weighted by Gasteiger charge is -2.42. The van der Waals surface area contributed by atoms with Gasteiger partial charge in [-0.15, -0.1) is 0 Å². The molecule has 42 heavy (non-hydrogen) atoms. The molecule has 13 heteroatoms. The van der Waals surface area contributed by atoms with Crippen LogP contribution in [0, 0.1) is 11.3 Å². The molecule has 3 atom stereocenters. The SMILES string of the molecule is CC(C)N(N)/C(=C(\N)COc1ccc(Cl)c2c1C(CN1CCCC1=O)N(C(=O)C1CCC[C@]1(C)C(=O)O)CC2)C(F)F. The number of allylic oxidation sites excluding steroid dienone is 1. The standard InChI is InChI=1S/C29H40ClF2N5O5/c1-16(2)37(34)25(26(31)32)20(33)15-42-22-9-8-19(30)17-10-13-36(21(24(17)22)14-35-12-5-7-23(35)38)27(39)18-6-4-11-29(18,3)28(40)41/h8-9,16,18,21,26H,4-7,10-15,33-34H2,1-3H3,(H,40,41)/b25-20-/t18?,21?,29-/m0/s1. The van der Waals surface area contributed by atoms with Crippen molar-refractivity contribution in [3.63, 3.8) is 0 Å². The maximum Gasteiger partial charge on any atom is 0.310 e. The Balaban J connectivity index is 1.74. The third-order valence-corrected chi connectivity index (χ3v) is 9.27. The van der Waals surface area contributed by atoms with E-state index in [4.69, 9.17) is 27.9 Å².